The van der Waals surface area contributed by atoms with Crippen LogP contribution in [0.1, 0.15) is 36.0 Å². The van der Waals surface area contributed by atoms with Crippen molar-refractivity contribution in [2.45, 2.75) is 31.8 Å². The molecule has 0 amide bonds. The number of phenolic OH excluding ortho intramolecular Hbond substituents is 1. The molecular formula is C13H16O4. The fourth-order valence-corrected chi connectivity index (χ4v) is 2.04. The molecule has 1 aliphatic carbocycles. The van der Waals surface area contributed by atoms with E-state index >= 15 is 0 Å². The zero-order valence-electron chi connectivity index (χ0n) is 9.81. The van der Waals surface area contributed by atoms with Crippen molar-refractivity contribution in [3.63, 3.8) is 0 Å². The maximum Gasteiger partial charge on any atom is 0.337 e. The molecule has 17 heavy (non-hydrogen) atoms. The van der Waals surface area contributed by atoms with Crippen LogP contribution in [-0.2, 0) is 4.74 Å². The smallest absolute Gasteiger partial charge is 0.337 e. The molecule has 2 rings (SSSR count). The zero-order valence-corrected chi connectivity index (χ0v) is 9.81. The van der Waals surface area contributed by atoms with E-state index < -0.39 is 5.97 Å². The van der Waals surface area contributed by atoms with E-state index in [1.807, 2.05) is 0 Å². The third kappa shape index (κ3) is 2.70. The first-order valence-electron chi connectivity index (χ1n) is 5.78. The minimum absolute atomic E-state index is 0.0598. The molecule has 0 unspecified atom stereocenters. The Labute approximate surface area is 100 Å². The number of ether oxygens (including phenoxy) is 2. The van der Waals surface area contributed by atoms with Crippen LogP contribution in [0, 0.1) is 0 Å². The zero-order chi connectivity index (χ0) is 12.3. The van der Waals surface area contributed by atoms with Crippen LogP contribution in [0.3, 0.4) is 0 Å². The van der Waals surface area contributed by atoms with Crippen LogP contribution in [0.25, 0.3) is 0 Å². The van der Waals surface area contributed by atoms with Crippen molar-refractivity contribution < 1.29 is 19.4 Å². The Morgan fingerprint density at radius 3 is 2.71 bits per heavy atom. The van der Waals surface area contributed by atoms with E-state index in [4.69, 9.17) is 4.74 Å². The molecule has 0 atom stereocenters. The van der Waals surface area contributed by atoms with Crippen LogP contribution in [0.5, 0.6) is 11.5 Å². The first-order valence-corrected chi connectivity index (χ1v) is 5.78. The SMILES string of the molecule is COC(=O)c1ccc(O)c(OC2CCCC2)c1. The van der Waals surface area contributed by atoms with Gasteiger partial charge in [0, 0.05) is 0 Å². The van der Waals surface area contributed by atoms with Gasteiger partial charge < -0.3 is 14.6 Å². The monoisotopic (exact) mass is 236 g/mol. The molecule has 4 nitrogen and oxygen atoms in total. The van der Waals surface area contributed by atoms with E-state index in [1.54, 1.807) is 0 Å². The van der Waals surface area contributed by atoms with Gasteiger partial charge in [0.15, 0.2) is 11.5 Å². The Kier molecular flexibility index (Phi) is 3.52. The van der Waals surface area contributed by atoms with E-state index in [2.05, 4.69) is 4.74 Å². The number of carbonyl (C=O) groups excluding carboxylic acids is 1. The van der Waals surface area contributed by atoms with Crippen LogP contribution in [-0.4, -0.2) is 24.3 Å². The third-order valence-corrected chi connectivity index (χ3v) is 2.98. The average Bonchev–Trinajstić information content (AvgIpc) is 2.84. The van der Waals surface area contributed by atoms with Crippen LogP contribution >= 0.6 is 0 Å². The van der Waals surface area contributed by atoms with Crippen molar-refractivity contribution in [2.75, 3.05) is 7.11 Å². The predicted molar refractivity (Wildman–Crippen MR) is 62.3 cm³/mol. The number of aromatic hydroxyl groups is 1. The summed E-state index contributed by atoms with van der Waals surface area (Å²) in [6.45, 7) is 0. The van der Waals surface area contributed by atoms with E-state index in [9.17, 15) is 9.90 Å². The van der Waals surface area contributed by atoms with Gasteiger partial charge in [0.2, 0.25) is 0 Å². The molecule has 0 aromatic heterocycles. The molecular weight excluding hydrogens is 220 g/mol. The number of benzene rings is 1. The molecule has 4 heteroatoms. The van der Waals surface area contributed by atoms with Gasteiger partial charge in [-0.25, -0.2) is 4.79 Å². The predicted octanol–water partition coefficient (Wildman–Crippen LogP) is 2.50. The fraction of sp³-hybridized carbons (Fsp3) is 0.462. The maximum atomic E-state index is 11.4. The summed E-state index contributed by atoms with van der Waals surface area (Å²) in [5, 5.41) is 9.67. The van der Waals surface area contributed by atoms with Crippen LogP contribution in [0.2, 0.25) is 0 Å². The molecule has 1 aliphatic rings. The first kappa shape index (κ1) is 11.8. The Morgan fingerprint density at radius 1 is 1.35 bits per heavy atom. The molecule has 1 aromatic rings. The second-order valence-corrected chi connectivity index (χ2v) is 4.20. The molecule has 1 fully saturated rings. The highest BCUT2D eigenvalue weighted by Gasteiger charge is 2.19. The molecule has 1 saturated carbocycles. The second-order valence-electron chi connectivity index (χ2n) is 4.20. The molecule has 0 bridgehead atoms. The van der Waals surface area contributed by atoms with Crippen LogP contribution in [0.4, 0.5) is 0 Å². The molecule has 92 valence electrons. The summed E-state index contributed by atoms with van der Waals surface area (Å²) < 4.78 is 10.3. The van der Waals surface area contributed by atoms with Crippen LogP contribution in [0.15, 0.2) is 18.2 Å². The van der Waals surface area contributed by atoms with Gasteiger partial charge in [-0.05, 0) is 43.9 Å². The Balaban J connectivity index is 2.16. The second kappa shape index (κ2) is 5.08. The Morgan fingerprint density at radius 2 is 2.06 bits per heavy atom. The van der Waals surface area contributed by atoms with Gasteiger partial charge in [0.25, 0.3) is 0 Å². The highest BCUT2D eigenvalue weighted by Crippen LogP contribution is 2.31. The van der Waals surface area contributed by atoms with Crippen molar-refractivity contribution in [3.8, 4) is 11.5 Å². The Hall–Kier alpha value is -1.71. The summed E-state index contributed by atoms with van der Waals surface area (Å²) in [5.74, 6) is -0.00868. The lowest BCUT2D eigenvalue weighted by molar-refractivity contribution is 0.0600. The third-order valence-electron chi connectivity index (χ3n) is 2.98. The quantitative estimate of drug-likeness (QED) is 0.819. The number of phenols is 1. The average molecular weight is 236 g/mol. The van der Waals surface area contributed by atoms with Crippen molar-refractivity contribution >= 4 is 5.97 Å². The lowest BCUT2D eigenvalue weighted by atomic mass is 10.2. The fourth-order valence-electron chi connectivity index (χ4n) is 2.04. The van der Waals surface area contributed by atoms with E-state index in [1.165, 1.54) is 25.3 Å². The van der Waals surface area contributed by atoms with Gasteiger partial charge in [0.1, 0.15) is 0 Å². The summed E-state index contributed by atoms with van der Waals surface area (Å²) in [6, 6.07) is 4.50. The van der Waals surface area contributed by atoms with Crippen molar-refractivity contribution in [1.29, 1.82) is 0 Å². The van der Waals surface area contributed by atoms with Gasteiger partial charge in [-0.15, -0.1) is 0 Å². The van der Waals surface area contributed by atoms with Crippen LogP contribution < -0.4 is 4.74 Å². The minimum atomic E-state index is -0.429. The minimum Gasteiger partial charge on any atom is -0.504 e. The highest BCUT2D eigenvalue weighted by atomic mass is 16.5. The van der Waals surface area contributed by atoms with Gasteiger partial charge in [-0.3, -0.25) is 0 Å². The standard InChI is InChI=1S/C13H16O4/c1-16-13(15)9-6-7-11(14)12(8-9)17-10-4-2-3-5-10/h6-8,10,14H,2-5H2,1H3. The summed E-state index contributed by atoms with van der Waals surface area (Å²) >= 11 is 0. The molecule has 1 aromatic carbocycles. The largest absolute Gasteiger partial charge is 0.504 e. The van der Waals surface area contributed by atoms with Gasteiger partial charge >= 0.3 is 5.97 Å². The van der Waals surface area contributed by atoms with Gasteiger partial charge in [-0.2, -0.15) is 0 Å². The maximum absolute atomic E-state index is 11.4. The van der Waals surface area contributed by atoms with Crippen molar-refractivity contribution in [2.24, 2.45) is 0 Å². The summed E-state index contributed by atoms with van der Waals surface area (Å²) in [4.78, 5) is 11.4. The van der Waals surface area contributed by atoms with Gasteiger partial charge in [-0.1, -0.05) is 0 Å². The topological polar surface area (TPSA) is 55.8 Å². The van der Waals surface area contributed by atoms with Crippen molar-refractivity contribution in [3.05, 3.63) is 23.8 Å². The molecule has 0 radical (unpaired) electrons. The van der Waals surface area contributed by atoms with Gasteiger partial charge in [0.05, 0.1) is 18.8 Å². The lowest BCUT2D eigenvalue weighted by Crippen LogP contribution is -2.11. The number of hydrogen-bond acceptors (Lipinski definition) is 4. The first-order chi connectivity index (χ1) is 8.20. The molecule has 0 spiro atoms. The number of carbonyl (C=O) groups is 1. The molecule has 0 aliphatic heterocycles. The van der Waals surface area contributed by atoms with E-state index in [-0.39, 0.29) is 11.9 Å². The number of esters is 1. The van der Waals surface area contributed by atoms with E-state index in [0.717, 1.165) is 25.7 Å². The Bertz CT molecular complexity index is 408. The highest BCUT2D eigenvalue weighted by molar-refractivity contribution is 5.90. The molecule has 0 saturated heterocycles. The van der Waals surface area contributed by atoms with E-state index in [0.29, 0.717) is 11.3 Å². The number of hydrogen-bond donors (Lipinski definition) is 1. The summed E-state index contributed by atoms with van der Waals surface area (Å²) in [5.41, 5.74) is 0.387. The number of methoxy groups -OCH3 is 1. The number of rotatable bonds is 3. The van der Waals surface area contributed by atoms with Crippen molar-refractivity contribution in [1.82, 2.24) is 0 Å². The summed E-state index contributed by atoms with van der Waals surface area (Å²) in [7, 11) is 1.33. The lowest BCUT2D eigenvalue weighted by Gasteiger charge is -2.14. The normalized spacial score (nSPS) is 15.8. The molecule has 1 N–H and O–H groups in total. The molecule has 0 heterocycles. The summed E-state index contributed by atoms with van der Waals surface area (Å²) in [6.07, 6.45) is 4.46.